The lowest BCUT2D eigenvalue weighted by atomic mass is 9.99. The lowest BCUT2D eigenvalue weighted by Crippen LogP contribution is -2.61. The van der Waals surface area contributed by atoms with Crippen LogP contribution in [0.2, 0.25) is 0 Å². The highest BCUT2D eigenvalue weighted by atomic mass is 16.7. The number of hydrogen-bond acceptors (Lipinski definition) is 10. The highest BCUT2D eigenvalue weighted by Crippen LogP contribution is 2.26. The summed E-state index contributed by atoms with van der Waals surface area (Å²) in [6.07, 6.45) is 37.4. The van der Waals surface area contributed by atoms with Crippen molar-refractivity contribution in [2.24, 2.45) is 0 Å². The van der Waals surface area contributed by atoms with Gasteiger partial charge in [0.15, 0.2) is 12.4 Å². The molecule has 1 rings (SSSR count). The van der Waals surface area contributed by atoms with Crippen LogP contribution in [0.3, 0.4) is 0 Å². The molecule has 64 heavy (non-hydrogen) atoms. The number of amides is 1. The smallest absolute Gasteiger partial charge is 0.306 e. The topological polar surface area (TPSA) is 175 Å². The second kappa shape index (κ2) is 42.0. The summed E-state index contributed by atoms with van der Waals surface area (Å²) in [5.41, 5.74) is 0. The van der Waals surface area contributed by atoms with E-state index in [1.807, 2.05) is 6.08 Å². The van der Waals surface area contributed by atoms with Crippen molar-refractivity contribution < 1.29 is 49.3 Å². The van der Waals surface area contributed by atoms with Crippen LogP contribution >= 0.6 is 0 Å². The Hall–Kier alpha value is -2.38. The molecule has 1 aliphatic heterocycles. The van der Waals surface area contributed by atoms with Gasteiger partial charge in [0.1, 0.15) is 24.4 Å². The van der Waals surface area contributed by atoms with Crippen molar-refractivity contribution in [3.8, 4) is 0 Å². The predicted octanol–water partition coefficient (Wildman–Crippen LogP) is 10.5. The van der Waals surface area contributed by atoms with Crippen LogP contribution < -0.4 is 5.32 Å². The Morgan fingerprint density at radius 2 is 1.12 bits per heavy atom. The van der Waals surface area contributed by atoms with Crippen molar-refractivity contribution >= 4 is 11.9 Å². The molecule has 8 unspecified atom stereocenters. The van der Waals surface area contributed by atoms with Gasteiger partial charge in [-0.15, -0.1) is 0 Å². The molecule has 0 aromatic heterocycles. The normalized spacial score (nSPS) is 20.8. The van der Waals surface area contributed by atoms with E-state index in [4.69, 9.17) is 14.2 Å². The zero-order valence-corrected chi connectivity index (χ0v) is 40.6. The van der Waals surface area contributed by atoms with E-state index < -0.39 is 67.4 Å². The van der Waals surface area contributed by atoms with Crippen molar-refractivity contribution in [3.05, 3.63) is 48.6 Å². The SMILES string of the molecule is CC/C=C/C/C=C/C/C=C/CCCCCCC(=O)OC1C(OCC(NC(=O)C(O)CCCCCCCCCCCC)C(O)/C=C/CCCCCCCCCCC)OC(CO)C(O)C1O. The minimum absolute atomic E-state index is 0.0979. The molecule has 11 heteroatoms. The molecule has 0 saturated carbocycles. The van der Waals surface area contributed by atoms with Crippen LogP contribution in [0.1, 0.15) is 213 Å². The van der Waals surface area contributed by atoms with Gasteiger partial charge in [-0.2, -0.15) is 0 Å². The maximum Gasteiger partial charge on any atom is 0.306 e. The summed E-state index contributed by atoms with van der Waals surface area (Å²) in [7, 11) is 0. The molecule has 1 aliphatic rings. The zero-order chi connectivity index (χ0) is 46.9. The van der Waals surface area contributed by atoms with Gasteiger partial charge in [0.05, 0.1) is 25.4 Å². The quantitative estimate of drug-likeness (QED) is 0.0196. The summed E-state index contributed by atoms with van der Waals surface area (Å²) in [4.78, 5) is 26.3. The van der Waals surface area contributed by atoms with Gasteiger partial charge in [-0.05, 0) is 57.8 Å². The zero-order valence-electron chi connectivity index (χ0n) is 40.6. The number of hydrogen-bond donors (Lipinski definition) is 6. The van der Waals surface area contributed by atoms with Crippen LogP contribution in [-0.4, -0.2) is 99.6 Å². The third kappa shape index (κ3) is 30.8. The average Bonchev–Trinajstić information content (AvgIpc) is 3.29. The molecule has 372 valence electrons. The van der Waals surface area contributed by atoms with Crippen molar-refractivity contribution in [2.75, 3.05) is 13.2 Å². The van der Waals surface area contributed by atoms with E-state index in [9.17, 15) is 35.1 Å². The fraction of sp³-hybridized carbons (Fsp3) is 0.811. The van der Waals surface area contributed by atoms with Crippen LogP contribution in [0.25, 0.3) is 0 Å². The van der Waals surface area contributed by atoms with E-state index in [1.54, 1.807) is 6.08 Å². The first kappa shape index (κ1) is 59.6. The van der Waals surface area contributed by atoms with Crippen molar-refractivity contribution in [3.63, 3.8) is 0 Å². The summed E-state index contributed by atoms with van der Waals surface area (Å²) >= 11 is 0. The summed E-state index contributed by atoms with van der Waals surface area (Å²) in [6, 6.07) is -1.02. The summed E-state index contributed by atoms with van der Waals surface area (Å²) in [6.45, 7) is 5.60. The number of allylic oxidation sites excluding steroid dienone is 7. The van der Waals surface area contributed by atoms with Crippen LogP contribution in [0.4, 0.5) is 0 Å². The largest absolute Gasteiger partial charge is 0.454 e. The Balaban J connectivity index is 2.79. The molecule has 1 amide bonds. The number of esters is 1. The van der Waals surface area contributed by atoms with Crippen molar-refractivity contribution in [1.82, 2.24) is 5.32 Å². The third-order valence-corrected chi connectivity index (χ3v) is 12.0. The fourth-order valence-electron chi connectivity index (χ4n) is 7.84. The van der Waals surface area contributed by atoms with Gasteiger partial charge >= 0.3 is 5.97 Å². The molecule has 0 spiro atoms. The number of unbranched alkanes of at least 4 members (excludes halogenated alkanes) is 22. The number of carbonyl (C=O) groups excluding carboxylic acids is 2. The van der Waals surface area contributed by atoms with Gasteiger partial charge in [0.2, 0.25) is 5.91 Å². The molecular formula is C53H95NO10. The first-order valence-corrected chi connectivity index (χ1v) is 25.9. The van der Waals surface area contributed by atoms with Gasteiger partial charge in [-0.1, -0.05) is 198 Å². The number of rotatable bonds is 42. The molecule has 1 heterocycles. The molecule has 0 aliphatic carbocycles. The van der Waals surface area contributed by atoms with Crippen LogP contribution in [0.5, 0.6) is 0 Å². The second-order valence-electron chi connectivity index (χ2n) is 17.9. The van der Waals surface area contributed by atoms with Gasteiger partial charge in [-0.25, -0.2) is 0 Å². The minimum atomic E-state index is -1.62. The lowest BCUT2D eigenvalue weighted by molar-refractivity contribution is -0.305. The molecule has 1 fully saturated rings. The Morgan fingerprint density at radius 1 is 0.625 bits per heavy atom. The number of nitrogens with one attached hydrogen (secondary N) is 1. The molecule has 0 aromatic carbocycles. The lowest BCUT2D eigenvalue weighted by Gasteiger charge is -2.41. The highest BCUT2D eigenvalue weighted by Gasteiger charge is 2.47. The van der Waals surface area contributed by atoms with Crippen LogP contribution in [0, 0.1) is 0 Å². The molecular weight excluding hydrogens is 811 g/mol. The van der Waals surface area contributed by atoms with E-state index in [1.165, 1.54) is 83.5 Å². The number of aliphatic hydroxyl groups is 5. The number of ether oxygens (including phenoxy) is 3. The molecule has 1 saturated heterocycles. The summed E-state index contributed by atoms with van der Waals surface area (Å²) < 4.78 is 17.5. The molecule has 8 atom stereocenters. The monoisotopic (exact) mass is 906 g/mol. The maximum atomic E-state index is 13.3. The summed E-state index contributed by atoms with van der Waals surface area (Å²) in [5.74, 6) is -1.22. The van der Waals surface area contributed by atoms with E-state index in [0.717, 1.165) is 83.5 Å². The standard InChI is InChI=1S/C53H95NO10/c1-4-7-10-13-16-19-22-23-24-26-29-32-35-38-41-48(58)64-51-50(60)49(59)47(42-55)63-53(51)62-43-44(45(56)39-36-33-30-28-25-20-17-14-11-8-5-2)54-52(61)46(57)40-37-34-31-27-21-18-15-12-9-6-3/h7,10,16,19,23-24,36,39,44-47,49-51,53,55-57,59-60H,4-6,8-9,11-15,17-18,20-22,25-35,37-38,40-43H2,1-3H3,(H,54,61)/b10-7+,19-16+,24-23+,39-36+. The van der Waals surface area contributed by atoms with E-state index in [0.29, 0.717) is 19.3 Å². The molecule has 0 bridgehead atoms. The molecule has 11 nitrogen and oxygen atoms in total. The van der Waals surface area contributed by atoms with Gasteiger partial charge in [0, 0.05) is 6.42 Å². The maximum absolute atomic E-state index is 13.3. The Morgan fingerprint density at radius 3 is 1.69 bits per heavy atom. The summed E-state index contributed by atoms with van der Waals surface area (Å²) in [5, 5.41) is 56.5. The van der Waals surface area contributed by atoms with Crippen LogP contribution in [0.15, 0.2) is 48.6 Å². The van der Waals surface area contributed by atoms with Crippen molar-refractivity contribution in [2.45, 2.75) is 262 Å². The van der Waals surface area contributed by atoms with Gasteiger partial charge in [0.25, 0.3) is 0 Å². The third-order valence-electron chi connectivity index (χ3n) is 12.0. The Kier molecular flexibility index (Phi) is 39.1. The Bertz CT molecular complexity index is 1220. The van der Waals surface area contributed by atoms with Crippen molar-refractivity contribution in [1.29, 1.82) is 0 Å². The molecule has 6 N–H and O–H groups in total. The first-order chi connectivity index (χ1) is 31.2. The van der Waals surface area contributed by atoms with E-state index >= 15 is 0 Å². The predicted molar refractivity (Wildman–Crippen MR) is 260 cm³/mol. The highest BCUT2D eigenvalue weighted by molar-refractivity contribution is 5.80. The number of aliphatic hydroxyl groups excluding tert-OH is 5. The molecule has 0 aromatic rings. The van der Waals surface area contributed by atoms with E-state index in [-0.39, 0.29) is 13.0 Å². The van der Waals surface area contributed by atoms with Crippen LogP contribution in [-0.2, 0) is 23.8 Å². The fourth-order valence-corrected chi connectivity index (χ4v) is 7.84. The number of carbonyl (C=O) groups is 2. The minimum Gasteiger partial charge on any atom is -0.454 e. The molecule has 0 radical (unpaired) electrons. The average molecular weight is 906 g/mol. The van der Waals surface area contributed by atoms with Gasteiger partial charge < -0.3 is 45.1 Å². The Labute approximate surface area is 389 Å². The van der Waals surface area contributed by atoms with E-state index in [2.05, 4.69) is 62.5 Å². The van der Waals surface area contributed by atoms with Gasteiger partial charge in [-0.3, -0.25) is 9.59 Å². The second-order valence-corrected chi connectivity index (χ2v) is 17.9. The first-order valence-electron chi connectivity index (χ1n) is 25.9.